The molecular formula is C26H45N3O3. The Kier molecular flexibility index (Phi) is 9.86. The van der Waals surface area contributed by atoms with Gasteiger partial charge in [0, 0.05) is 30.0 Å². The second kappa shape index (κ2) is 12.6. The van der Waals surface area contributed by atoms with Crippen molar-refractivity contribution in [1.29, 1.82) is 0 Å². The number of hydrogen-bond acceptors (Lipinski definition) is 3. The zero-order valence-corrected chi connectivity index (χ0v) is 20.3. The highest BCUT2D eigenvalue weighted by Crippen LogP contribution is 2.27. The molecule has 6 nitrogen and oxygen atoms in total. The van der Waals surface area contributed by atoms with E-state index in [-0.39, 0.29) is 35.8 Å². The van der Waals surface area contributed by atoms with Gasteiger partial charge in [0.25, 0.3) is 0 Å². The second-order valence-corrected chi connectivity index (χ2v) is 10.6. The first-order chi connectivity index (χ1) is 15.5. The van der Waals surface area contributed by atoms with Crippen LogP contribution in [-0.4, -0.2) is 35.8 Å². The summed E-state index contributed by atoms with van der Waals surface area (Å²) in [6.45, 7) is 3.65. The predicted molar refractivity (Wildman–Crippen MR) is 127 cm³/mol. The molecule has 2 atom stereocenters. The smallest absolute Gasteiger partial charge is 0.224 e. The SMILES string of the molecule is CC(C(=O)NC1CCCCC1)C(C(=O)NC1CCCCC1)C(C)C(=O)NC1CCCCC1. The van der Waals surface area contributed by atoms with Crippen LogP contribution in [0.1, 0.15) is 110 Å². The first-order valence-corrected chi connectivity index (χ1v) is 13.4. The largest absolute Gasteiger partial charge is 0.353 e. The van der Waals surface area contributed by atoms with Crippen molar-refractivity contribution >= 4 is 17.7 Å². The van der Waals surface area contributed by atoms with Gasteiger partial charge < -0.3 is 16.0 Å². The van der Waals surface area contributed by atoms with Crippen molar-refractivity contribution in [2.75, 3.05) is 0 Å². The Morgan fingerprint density at radius 2 is 0.781 bits per heavy atom. The maximum Gasteiger partial charge on any atom is 0.224 e. The molecule has 0 aliphatic heterocycles. The number of nitrogens with one attached hydrogen (secondary N) is 3. The molecule has 3 rings (SSSR count). The molecule has 0 bridgehead atoms. The lowest BCUT2D eigenvalue weighted by Gasteiger charge is -2.33. The number of carbonyl (C=O) groups excluding carboxylic acids is 3. The highest BCUT2D eigenvalue weighted by molar-refractivity contribution is 5.92. The Morgan fingerprint density at radius 1 is 0.500 bits per heavy atom. The third kappa shape index (κ3) is 7.21. The number of amides is 3. The van der Waals surface area contributed by atoms with Crippen LogP contribution in [0.4, 0.5) is 0 Å². The van der Waals surface area contributed by atoms with Crippen molar-refractivity contribution in [2.24, 2.45) is 17.8 Å². The molecule has 0 saturated heterocycles. The van der Waals surface area contributed by atoms with E-state index in [1.54, 1.807) is 0 Å². The van der Waals surface area contributed by atoms with Gasteiger partial charge in [0.15, 0.2) is 0 Å². The molecule has 32 heavy (non-hydrogen) atoms. The fraction of sp³-hybridized carbons (Fsp3) is 0.885. The van der Waals surface area contributed by atoms with Crippen molar-refractivity contribution in [3.8, 4) is 0 Å². The summed E-state index contributed by atoms with van der Waals surface area (Å²) in [7, 11) is 0. The summed E-state index contributed by atoms with van der Waals surface area (Å²) < 4.78 is 0. The predicted octanol–water partition coefficient (Wildman–Crippen LogP) is 4.22. The van der Waals surface area contributed by atoms with Crippen molar-refractivity contribution in [1.82, 2.24) is 16.0 Å². The topological polar surface area (TPSA) is 87.3 Å². The summed E-state index contributed by atoms with van der Waals surface area (Å²) >= 11 is 0. The molecule has 0 heterocycles. The second-order valence-electron chi connectivity index (χ2n) is 10.6. The third-order valence-corrected chi connectivity index (χ3v) is 8.06. The molecule has 6 heteroatoms. The Balaban J connectivity index is 1.67. The summed E-state index contributed by atoms with van der Waals surface area (Å²) in [5.74, 6) is -2.02. The number of hydrogen-bond donors (Lipinski definition) is 3. The van der Waals surface area contributed by atoms with Gasteiger partial charge in [-0.05, 0) is 38.5 Å². The van der Waals surface area contributed by atoms with Gasteiger partial charge in [-0.15, -0.1) is 0 Å². The summed E-state index contributed by atoms with van der Waals surface area (Å²) in [6.07, 6.45) is 16.5. The molecule has 0 aromatic rings. The molecule has 0 aromatic heterocycles. The average Bonchev–Trinajstić information content (AvgIpc) is 2.81. The fourth-order valence-corrected chi connectivity index (χ4v) is 5.92. The van der Waals surface area contributed by atoms with E-state index in [2.05, 4.69) is 16.0 Å². The minimum absolute atomic E-state index is 0.0852. The van der Waals surface area contributed by atoms with Crippen LogP contribution in [0.2, 0.25) is 0 Å². The van der Waals surface area contributed by atoms with Gasteiger partial charge in [-0.1, -0.05) is 71.6 Å². The molecule has 3 amide bonds. The Labute approximate surface area is 194 Å². The van der Waals surface area contributed by atoms with E-state index in [4.69, 9.17) is 0 Å². The van der Waals surface area contributed by atoms with Gasteiger partial charge >= 0.3 is 0 Å². The van der Waals surface area contributed by atoms with Crippen molar-refractivity contribution < 1.29 is 14.4 Å². The van der Waals surface area contributed by atoms with Crippen molar-refractivity contribution in [3.63, 3.8) is 0 Å². The zero-order chi connectivity index (χ0) is 22.9. The van der Waals surface area contributed by atoms with Crippen LogP contribution in [0, 0.1) is 17.8 Å². The molecule has 3 aliphatic rings. The van der Waals surface area contributed by atoms with E-state index in [1.165, 1.54) is 19.3 Å². The Morgan fingerprint density at radius 3 is 1.09 bits per heavy atom. The van der Waals surface area contributed by atoms with E-state index < -0.39 is 17.8 Å². The quantitative estimate of drug-likeness (QED) is 0.520. The molecular weight excluding hydrogens is 402 g/mol. The van der Waals surface area contributed by atoms with Gasteiger partial charge in [-0.3, -0.25) is 14.4 Å². The average molecular weight is 448 g/mol. The zero-order valence-electron chi connectivity index (χ0n) is 20.3. The number of rotatable bonds is 8. The van der Waals surface area contributed by atoms with Gasteiger partial charge in [-0.25, -0.2) is 0 Å². The molecule has 0 spiro atoms. The lowest BCUT2D eigenvalue weighted by atomic mass is 9.80. The molecule has 3 N–H and O–H groups in total. The summed E-state index contributed by atoms with van der Waals surface area (Å²) in [5.41, 5.74) is 0. The molecule has 3 aliphatic carbocycles. The van der Waals surface area contributed by atoms with Crippen molar-refractivity contribution in [3.05, 3.63) is 0 Å². The van der Waals surface area contributed by atoms with Gasteiger partial charge in [0.2, 0.25) is 17.7 Å². The van der Waals surface area contributed by atoms with Crippen LogP contribution in [0.25, 0.3) is 0 Å². The maximum atomic E-state index is 13.4. The van der Waals surface area contributed by atoms with Crippen LogP contribution >= 0.6 is 0 Å². The minimum Gasteiger partial charge on any atom is -0.353 e. The maximum absolute atomic E-state index is 13.4. The molecule has 0 radical (unpaired) electrons. The van der Waals surface area contributed by atoms with E-state index in [1.807, 2.05) is 13.8 Å². The minimum atomic E-state index is -0.649. The first-order valence-electron chi connectivity index (χ1n) is 13.4. The molecule has 3 saturated carbocycles. The van der Waals surface area contributed by atoms with E-state index in [9.17, 15) is 14.4 Å². The summed E-state index contributed by atoms with van der Waals surface area (Å²) in [5, 5.41) is 9.56. The fourth-order valence-electron chi connectivity index (χ4n) is 5.92. The molecule has 0 aromatic carbocycles. The first kappa shape index (κ1) is 25.0. The number of carbonyl (C=O) groups is 3. The lowest BCUT2D eigenvalue weighted by molar-refractivity contribution is -0.141. The highest BCUT2D eigenvalue weighted by Gasteiger charge is 2.39. The van der Waals surface area contributed by atoms with Crippen LogP contribution in [0.5, 0.6) is 0 Å². The van der Waals surface area contributed by atoms with Crippen LogP contribution in [0.3, 0.4) is 0 Å². The van der Waals surface area contributed by atoms with Crippen LogP contribution in [0.15, 0.2) is 0 Å². The van der Waals surface area contributed by atoms with Crippen LogP contribution in [-0.2, 0) is 14.4 Å². The normalized spacial score (nSPS) is 24.2. The summed E-state index contributed by atoms with van der Waals surface area (Å²) in [4.78, 5) is 39.7. The monoisotopic (exact) mass is 447 g/mol. The summed E-state index contributed by atoms with van der Waals surface area (Å²) in [6, 6.07) is 0.570. The van der Waals surface area contributed by atoms with Gasteiger partial charge in [0.1, 0.15) is 0 Å². The third-order valence-electron chi connectivity index (χ3n) is 8.06. The van der Waals surface area contributed by atoms with Crippen LogP contribution < -0.4 is 16.0 Å². The molecule has 3 fully saturated rings. The van der Waals surface area contributed by atoms with Gasteiger partial charge in [0.05, 0.1) is 5.92 Å². The Bertz CT molecular complexity index is 582. The van der Waals surface area contributed by atoms with E-state index in [0.29, 0.717) is 0 Å². The van der Waals surface area contributed by atoms with Crippen molar-refractivity contribution in [2.45, 2.75) is 128 Å². The molecule has 2 unspecified atom stereocenters. The standard InChI is InChI=1S/C26H45N3O3/c1-18(24(30)27-20-12-6-3-7-13-20)23(26(32)29-22-16-10-5-11-17-22)19(2)25(31)28-21-14-8-4-9-15-21/h18-23H,3-17H2,1-2H3,(H,27,30)(H,28,31)(H,29,32). The molecule has 182 valence electrons. The lowest BCUT2D eigenvalue weighted by Crippen LogP contribution is -2.52. The van der Waals surface area contributed by atoms with Gasteiger partial charge in [-0.2, -0.15) is 0 Å². The highest BCUT2D eigenvalue weighted by atomic mass is 16.2. The van der Waals surface area contributed by atoms with E-state index in [0.717, 1.165) is 77.0 Å². The Hall–Kier alpha value is -1.59. The van der Waals surface area contributed by atoms with E-state index >= 15 is 0 Å².